The van der Waals surface area contributed by atoms with E-state index < -0.39 is 0 Å². The van der Waals surface area contributed by atoms with E-state index in [4.69, 9.17) is 5.11 Å². The fourth-order valence-corrected chi connectivity index (χ4v) is 2.97. The highest BCUT2D eigenvalue weighted by molar-refractivity contribution is 9.11. The maximum Gasteiger partial charge on any atom is 0.222 e. The van der Waals surface area contributed by atoms with Crippen LogP contribution in [0.5, 0.6) is 0 Å². The van der Waals surface area contributed by atoms with Crippen LogP contribution in [0.25, 0.3) is 0 Å². The highest BCUT2D eigenvalue weighted by Crippen LogP contribution is 2.23. The molecular weight excluding hydrogens is 302 g/mol. The van der Waals surface area contributed by atoms with Gasteiger partial charge in [0.05, 0.1) is 16.4 Å². The Bertz CT molecular complexity index is 367. The van der Waals surface area contributed by atoms with Crippen molar-refractivity contribution in [2.45, 2.75) is 32.2 Å². The second-order valence-corrected chi connectivity index (χ2v) is 6.64. The zero-order chi connectivity index (χ0) is 12.8. The fourth-order valence-electron chi connectivity index (χ4n) is 1.44. The number of rotatable bonds is 6. The first kappa shape index (κ1) is 14.7. The molecule has 1 rings (SSSR count). The van der Waals surface area contributed by atoms with Gasteiger partial charge in [-0.3, -0.25) is 4.79 Å². The molecule has 0 aliphatic heterocycles. The summed E-state index contributed by atoms with van der Waals surface area (Å²) in [7, 11) is 1.74. The smallest absolute Gasteiger partial charge is 0.222 e. The topological polar surface area (TPSA) is 40.5 Å². The second-order valence-electron chi connectivity index (χ2n) is 4.10. The molecule has 0 aliphatic rings. The van der Waals surface area contributed by atoms with Gasteiger partial charge in [0, 0.05) is 18.3 Å². The number of nitrogens with zero attached hydrogens (tertiary/aromatic N) is 1. The van der Waals surface area contributed by atoms with Crippen LogP contribution in [0.15, 0.2) is 15.9 Å². The lowest BCUT2D eigenvalue weighted by Gasteiger charge is -2.23. The zero-order valence-electron chi connectivity index (χ0n) is 10.1. The van der Waals surface area contributed by atoms with Gasteiger partial charge in [0.15, 0.2) is 0 Å². The van der Waals surface area contributed by atoms with E-state index in [9.17, 15) is 4.79 Å². The molecule has 5 heteroatoms. The molecule has 0 aliphatic carbocycles. The van der Waals surface area contributed by atoms with Gasteiger partial charge >= 0.3 is 0 Å². The SMILES string of the molecule is CC(CO)N(C)C(=O)CCCc1ccc(Br)s1. The van der Waals surface area contributed by atoms with E-state index in [0.29, 0.717) is 6.42 Å². The number of amides is 1. The number of hydrogen-bond donors (Lipinski definition) is 1. The van der Waals surface area contributed by atoms with E-state index in [-0.39, 0.29) is 18.6 Å². The van der Waals surface area contributed by atoms with Gasteiger partial charge in [0.1, 0.15) is 0 Å². The Kier molecular flexibility index (Phi) is 6.16. The molecule has 17 heavy (non-hydrogen) atoms. The summed E-state index contributed by atoms with van der Waals surface area (Å²) >= 11 is 5.13. The molecule has 1 aromatic rings. The van der Waals surface area contributed by atoms with Crippen molar-refractivity contribution < 1.29 is 9.90 Å². The van der Waals surface area contributed by atoms with Crippen LogP contribution in [-0.4, -0.2) is 35.6 Å². The van der Waals surface area contributed by atoms with Crippen LogP contribution in [0.1, 0.15) is 24.6 Å². The van der Waals surface area contributed by atoms with Crippen molar-refractivity contribution in [3.63, 3.8) is 0 Å². The molecule has 1 N–H and O–H groups in total. The maximum absolute atomic E-state index is 11.7. The van der Waals surface area contributed by atoms with E-state index >= 15 is 0 Å². The minimum absolute atomic E-state index is 0.0140. The first-order valence-corrected chi connectivity index (χ1v) is 7.26. The number of aryl methyl sites for hydroxylation is 1. The van der Waals surface area contributed by atoms with Crippen molar-refractivity contribution in [3.8, 4) is 0 Å². The lowest BCUT2D eigenvalue weighted by Crippen LogP contribution is -2.37. The molecule has 0 spiro atoms. The number of carbonyl (C=O) groups is 1. The minimum atomic E-state index is -0.0987. The summed E-state index contributed by atoms with van der Waals surface area (Å²) in [4.78, 5) is 14.7. The molecule has 1 amide bonds. The summed E-state index contributed by atoms with van der Waals surface area (Å²) in [6.45, 7) is 1.86. The molecule has 0 saturated heterocycles. The summed E-state index contributed by atoms with van der Waals surface area (Å²) in [6, 6.07) is 4.01. The minimum Gasteiger partial charge on any atom is -0.394 e. The van der Waals surface area contributed by atoms with E-state index in [1.165, 1.54) is 4.88 Å². The first-order valence-electron chi connectivity index (χ1n) is 5.65. The van der Waals surface area contributed by atoms with Gasteiger partial charge in [-0.2, -0.15) is 0 Å². The molecular formula is C12H18BrNO2S. The predicted octanol–water partition coefficient (Wildman–Crippen LogP) is 2.67. The molecule has 1 unspecified atom stereocenters. The zero-order valence-corrected chi connectivity index (χ0v) is 12.6. The Morgan fingerprint density at radius 2 is 2.29 bits per heavy atom. The summed E-state index contributed by atoms with van der Waals surface area (Å²) in [5.74, 6) is 0.0992. The van der Waals surface area contributed by atoms with Crippen LogP contribution in [0.3, 0.4) is 0 Å². The lowest BCUT2D eigenvalue weighted by molar-refractivity contribution is -0.132. The predicted molar refractivity (Wildman–Crippen MR) is 74.3 cm³/mol. The van der Waals surface area contributed by atoms with Crippen LogP contribution >= 0.6 is 27.3 Å². The summed E-state index contributed by atoms with van der Waals surface area (Å²) in [5.41, 5.74) is 0. The number of hydrogen-bond acceptors (Lipinski definition) is 3. The molecule has 1 heterocycles. The average Bonchev–Trinajstić information content (AvgIpc) is 2.72. The number of likely N-dealkylation sites (N-methyl/N-ethyl adjacent to an activating group) is 1. The van der Waals surface area contributed by atoms with E-state index in [2.05, 4.69) is 22.0 Å². The van der Waals surface area contributed by atoms with Gasteiger partial charge in [-0.05, 0) is 47.8 Å². The van der Waals surface area contributed by atoms with Gasteiger partial charge in [0.25, 0.3) is 0 Å². The summed E-state index contributed by atoms with van der Waals surface area (Å²) in [5, 5.41) is 8.96. The Morgan fingerprint density at radius 3 is 2.82 bits per heavy atom. The van der Waals surface area contributed by atoms with E-state index in [0.717, 1.165) is 16.6 Å². The van der Waals surface area contributed by atoms with E-state index in [1.54, 1.807) is 23.3 Å². The van der Waals surface area contributed by atoms with Crippen LogP contribution < -0.4 is 0 Å². The molecule has 0 saturated carbocycles. The highest BCUT2D eigenvalue weighted by Gasteiger charge is 2.14. The fraction of sp³-hybridized carbons (Fsp3) is 0.583. The number of aliphatic hydroxyl groups is 1. The van der Waals surface area contributed by atoms with Gasteiger partial charge < -0.3 is 10.0 Å². The third-order valence-electron chi connectivity index (χ3n) is 2.76. The Morgan fingerprint density at radius 1 is 1.59 bits per heavy atom. The van der Waals surface area contributed by atoms with Crippen molar-refractivity contribution in [1.29, 1.82) is 0 Å². The normalized spacial score (nSPS) is 12.5. The van der Waals surface area contributed by atoms with Crippen molar-refractivity contribution in [2.75, 3.05) is 13.7 Å². The largest absolute Gasteiger partial charge is 0.394 e. The lowest BCUT2D eigenvalue weighted by atomic mass is 10.2. The highest BCUT2D eigenvalue weighted by atomic mass is 79.9. The standard InChI is InChI=1S/C12H18BrNO2S/c1-9(8-15)14(2)12(16)5-3-4-10-6-7-11(13)17-10/h6-7,9,15H,3-5,8H2,1-2H3. The molecule has 96 valence electrons. The summed E-state index contributed by atoms with van der Waals surface area (Å²) in [6.07, 6.45) is 2.33. The number of carbonyl (C=O) groups excluding carboxylic acids is 1. The number of thiophene rings is 1. The summed E-state index contributed by atoms with van der Waals surface area (Å²) < 4.78 is 1.13. The maximum atomic E-state index is 11.7. The van der Waals surface area contributed by atoms with Crippen molar-refractivity contribution in [2.24, 2.45) is 0 Å². The molecule has 0 aromatic carbocycles. The van der Waals surface area contributed by atoms with Crippen molar-refractivity contribution in [1.82, 2.24) is 4.90 Å². The van der Waals surface area contributed by atoms with Gasteiger partial charge in [-0.25, -0.2) is 0 Å². The monoisotopic (exact) mass is 319 g/mol. The van der Waals surface area contributed by atoms with Crippen molar-refractivity contribution in [3.05, 3.63) is 20.8 Å². The first-order chi connectivity index (χ1) is 8.04. The third-order valence-corrected chi connectivity index (χ3v) is 4.44. The van der Waals surface area contributed by atoms with Gasteiger partial charge in [-0.15, -0.1) is 11.3 Å². The van der Waals surface area contributed by atoms with Crippen molar-refractivity contribution >= 4 is 33.2 Å². The average molecular weight is 320 g/mol. The Hall–Kier alpha value is -0.390. The van der Waals surface area contributed by atoms with Crippen LogP contribution in [0.2, 0.25) is 0 Å². The molecule has 3 nitrogen and oxygen atoms in total. The number of aliphatic hydroxyl groups excluding tert-OH is 1. The Balaban J connectivity index is 2.29. The third kappa shape index (κ3) is 4.77. The molecule has 1 aromatic heterocycles. The Labute approximate surface area is 115 Å². The van der Waals surface area contributed by atoms with Crippen LogP contribution in [-0.2, 0) is 11.2 Å². The van der Waals surface area contributed by atoms with Gasteiger partial charge in [-0.1, -0.05) is 0 Å². The number of halogens is 1. The second kappa shape index (κ2) is 7.13. The van der Waals surface area contributed by atoms with Crippen LogP contribution in [0.4, 0.5) is 0 Å². The molecule has 0 fully saturated rings. The quantitative estimate of drug-likeness (QED) is 0.875. The van der Waals surface area contributed by atoms with Crippen LogP contribution in [0, 0.1) is 0 Å². The van der Waals surface area contributed by atoms with Gasteiger partial charge in [0.2, 0.25) is 5.91 Å². The molecule has 0 bridgehead atoms. The molecule has 0 radical (unpaired) electrons. The van der Waals surface area contributed by atoms with E-state index in [1.807, 2.05) is 13.0 Å². The molecule has 1 atom stereocenters.